The third kappa shape index (κ3) is 3.06. The molecule has 1 rings (SSSR count). The molecule has 1 heterocycles. The van der Waals surface area contributed by atoms with Gasteiger partial charge in [-0.2, -0.15) is 5.10 Å². The van der Waals surface area contributed by atoms with Crippen LogP contribution < -0.4 is 0 Å². The number of ketones is 1. The number of aromatic nitrogens is 2. The summed E-state index contributed by atoms with van der Waals surface area (Å²) >= 11 is 5.95. The number of nitrogens with zero attached hydrogens (tertiary/aromatic N) is 2. The molecule has 0 unspecified atom stereocenters. The molecule has 0 N–H and O–H groups in total. The quantitative estimate of drug-likeness (QED) is 0.700. The van der Waals surface area contributed by atoms with Crippen LogP contribution in [-0.4, -0.2) is 15.6 Å². The smallest absolute Gasteiger partial charge is 0.182 e. The van der Waals surface area contributed by atoms with Gasteiger partial charge < -0.3 is 0 Å². The molecule has 0 spiro atoms. The normalized spacial score (nSPS) is 10.6. The van der Waals surface area contributed by atoms with E-state index in [0.717, 1.165) is 25.8 Å². The van der Waals surface area contributed by atoms with Crippen LogP contribution in [0.25, 0.3) is 0 Å². The molecule has 0 saturated heterocycles. The molecule has 0 atom stereocenters. The molecule has 1 aromatic heterocycles. The number of halogens is 1. The molecular weight excluding hydrogens is 212 g/mol. The second-order valence-corrected chi connectivity index (χ2v) is 4.00. The third-order valence-corrected chi connectivity index (χ3v) is 2.53. The van der Waals surface area contributed by atoms with Crippen LogP contribution >= 0.6 is 11.6 Å². The average Bonchev–Trinajstić information content (AvgIpc) is 2.57. The van der Waals surface area contributed by atoms with Gasteiger partial charge in [0.25, 0.3) is 0 Å². The van der Waals surface area contributed by atoms with Gasteiger partial charge in [0.2, 0.25) is 0 Å². The largest absolute Gasteiger partial charge is 0.292 e. The molecule has 0 aliphatic carbocycles. The van der Waals surface area contributed by atoms with Crippen LogP contribution in [-0.2, 0) is 6.54 Å². The lowest BCUT2D eigenvalue weighted by Gasteiger charge is -2.05. The van der Waals surface area contributed by atoms with E-state index in [1.54, 1.807) is 10.9 Å². The topological polar surface area (TPSA) is 34.9 Å². The van der Waals surface area contributed by atoms with Gasteiger partial charge in [0.1, 0.15) is 5.69 Å². The molecule has 0 amide bonds. The summed E-state index contributed by atoms with van der Waals surface area (Å²) in [5.74, 6) is 0.104. The van der Waals surface area contributed by atoms with Gasteiger partial charge in [-0.25, -0.2) is 0 Å². The fraction of sp³-hybridized carbons (Fsp3) is 0.636. The van der Waals surface area contributed by atoms with Crippen molar-refractivity contribution in [2.24, 2.45) is 0 Å². The van der Waals surface area contributed by atoms with Crippen LogP contribution in [0.2, 0.25) is 5.02 Å². The summed E-state index contributed by atoms with van der Waals surface area (Å²) in [6.45, 7) is 4.87. The van der Waals surface area contributed by atoms with E-state index in [0.29, 0.717) is 17.1 Å². The highest BCUT2D eigenvalue weighted by Crippen LogP contribution is 2.18. The van der Waals surface area contributed by atoms with Gasteiger partial charge in [-0.05, 0) is 12.8 Å². The van der Waals surface area contributed by atoms with Gasteiger partial charge in [-0.1, -0.05) is 31.9 Å². The number of unbranched alkanes of at least 4 members (excludes halogenated alkanes) is 1. The SMILES string of the molecule is CCCCC(=O)c1c(Cl)cnn1CCC. The van der Waals surface area contributed by atoms with Gasteiger partial charge in [-0.15, -0.1) is 0 Å². The zero-order chi connectivity index (χ0) is 11.3. The van der Waals surface area contributed by atoms with Crippen LogP contribution in [0.4, 0.5) is 0 Å². The summed E-state index contributed by atoms with van der Waals surface area (Å²) in [7, 11) is 0. The summed E-state index contributed by atoms with van der Waals surface area (Å²) in [4.78, 5) is 11.8. The number of Topliss-reactive ketones (excluding diaryl/α,β-unsaturated/α-hetero) is 1. The van der Waals surface area contributed by atoms with E-state index >= 15 is 0 Å². The maximum absolute atomic E-state index is 11.8. The van der Waals surface area contributed by atoms with Crippen LogP contribution in [0.3, 0.4) is 0 Å². The minimum atomic E-state index is 0.104. The summed E-state index contributed by atoms with van der Waals surface area (Å²) in [6, 6.07) is 0. The lowest BCUT2D eigenvalue weighted by Crippen LogP contribution is -2.10. The van der Waals surface area contributed by atoms with E-state index in [9.17, 15) is 4.79 Å². The monoisotopic (exact) mass is 228 g/mol. The first-order chi connectivity index (χ1) is 7.20. The van der Waals surface area contributed by atoms with Gasteiger partial charge >= 0.3 is 0 Å². The van der Waals surface area contributed by atoms with Crippen molar-refractivity contribution in [1.82, 2.24) is 9.78 Å². The van der Waals surface area contributed by atoms with Crippen LogP contribution in [0.15, 0.2) is 6.20 Å². The highest BCUT2D eigenvalue weighted by atomic mass is 35.5. The lowest BCUT2D eigenvalue weighted by atomic mass is 10.1. The predicted octanol–water partition coefficient (Wildman–Crippen LogP) is 3.32. The molecule has 0 radical (unpaired) electrons. The Kier molecular flexibility index (Phi) is 4.82. The third-order valence-electron chi connectivity index (χ3n) is 2.25. The molecule has 0 aromatic carbocycles. The zero-order valence-electron chi connectivity index (χ0n) is 9.29. The molecule has 0 bridgehead atoms. The number of hydrogen-bond donors (Lipinski definition) is 0. The Labute approximate surface area is 95.4 Å². The van der Waals surface area contributed by atoms with Crippen LogP contribution in [0, 0.1) is 0 Å². The van der Waals surface area contributed by atoms with Crippen molar-refractivity contribution >= 4 is 17.4 Å². The van der Waals surface area contributed by atoms with E-state index in [1.165, 1.54) is 0 Å². The van der Waals surface area contributed by atoms with Crippen molar-refractivity contribution in [2.45, 2.75) is 46.1 Å². The Morgan fingerprint density at radius 1 is 1.47 bits per heavy atom. The van der Waals surface area contributed by atoms with Crippen molar-refractivity contribution in [3.05, 3.63) is 16.9 Å². The molecule has 4 heteroatoms. The lowest BCUT2D eigenvalue weighted by molar-refractivity contribution is 0.0969. The van der Waals surface area contributed by atoms with Crippen molar-refractivity contribution in [3.8, 4) is 0 Å². The van der Waals surface area contributed by atoms with Crippen LogP contribution in [0.1, 0.15) is 50.0 Å². The van der Waals surface area contributed by atoms with E-state index in [2.05, 4.69) is 18.9 Å². The van der Waals surface area contributed by atoms with Gasteiger partial charge in [0.05, 0.1) is 11.2 Å². The van der Waals surface area contributed by atoms with E-state index < -0.39 is 0 Å². The first-order valence-electron chi connectivity index (χ1n) is 5.45. The molecule has 3 nitrogen and oxygen atoms in total. The molecular formula is C11H17ClN2O. The highest BCUT2D eigenvalue weighted by Gasteiger charge is 2.16. The maximum Gasteiger partial charge on any atom is 0.182 e. The Morgan fingerprint density at radius 2 is 2.20 bits per heavy atom. The van der Waals surface area contributed by atoms with E-state index in [1.807, 2.05) is 0 Å². The van der Waals surface area contributed by atoms with Gasteiger partial charge in [-0.3, -0.25) is 9.48 Å². The Balaban J connectivity index is 2.80. The molecule has 0 aliphatic heterocycles. The minimum Gasteiger partial charge on any atom is -0.292 e. The first-order valence-corrected chi connectivity index (χ1v) is 5.83. The molecule has 0 aliphatic rings. The Morgan fingerprint density at radius 3 is 2.80 bits per heavy atom. The number of aryl methyl sites for hydroxylation is 1. The molecule has 0 saturated carbocycles. The number of carbonyl (C=O) groups is 1. The number of hydrogen-bond acceptors (Lipinski definition) is 2. The van der Waals surface area contributed by atoms with Crippen molar-refractivity contribution < 1.29 is 4.79 Å². The molecule has 84 valence electrons. The predicted molar refractivity (Wildman–Crippen MR) is 61.4 cm³/mol. The Hall–Kier alpha value is -0.830. The van der Waals surface area contributed by atoms with Crippen molar-refractivity contribution in [1.29, 1.82) is 0 Å². The average molecular weight is 229 g/mol. The van der Waals surface area contributed by atoms with Crippen molar-refractivity contribution in [2.75, 3.05) is 0 Å². The second kappa shape index (κ2) is 5.91. The van der Waals surface area contributed by atoms with Gasteiger partial charge in [0, 0.05) is 13.0 Å². The maximum atomic E-state index is 11.8. The zero-order valence-corrected chi connectivity index (χ0v) is 10.0. The summed E-state index contributed by atoms with van der Waals surface area (Å²) in [6.07, 6.45) is 4.99. The minimum absolute atomic E-state index is 0.104. The second-order valence-electron chi connectivity index (χ2n) is 3.59. The fourth-order valence-electron chi connectivity index (χ4n) is 1.48. The summed E-state index contributed by atoms with van der Waals surface area (Å²) < 4.78 is 1.71. The summed E-state index contributed by atoms with van der Waals surface area (Å²) in [5, 5.41) is 4.57. The first kappa shape index (κ1) is 12.2. The summed E-state index contributed by atoms with van der Waals surface area (Å²) in [5.41, 5.74) is 0.576. The fourth-order valence-corrected chi connectivity index (χ4v) is 1.72. The van der Waals surface area contributed by atoms with Crippen molar-refractivity contribution in [3.63, 3.8) is 0 Å². The molecule has 15 heavy (non-hydrogen) atoms. The number of rotatable bonds is 6. The molecule has 1 aromatic rings. The number of carbonyl (C=O) groups excluding carboxylic acids is 1. The van der Waals surface area contributed by atoms with Gasteiger partial charge in [0.15, 0.2) is 5.78 Å². The Bertz CT molecular complexity index is 333. The molecule has 0 fully saturated rings. The van der Waals surface area contributed by atoms with E-state index in [4.69, 9.17) is 11.6 Å². The standard InChI is InChI=1S/C11H17ClN2O/c1-3-5-6-10(15)11-9(12)8-13-14(11)7-4-2/h8H,3-7H2,1-2H3. The van der Waals surface area contributed by atoms with E-state index in [-0.39, 0.29) is 5.78 Å². The van der Waals surface area contributed by atoms with Crippen LogP contribution in [0.5, 0.6) is 0 Å². The highest BCUT2D eigenvalue weighted by molar-refractivity contribution is 6.33.